The summed E-state index contributed by atoms with van der Waals surface area (Å²) in [6.07, 6.45) is 2.57. The number of carbonyl (C=O) groups is 1. The Hall–Kier alpha value is -1.56. The predicted octanol–water partition coefficient (Wildman–Crippen LogP) is 0.752. The van der Waals surface area contributed by atoms with E-state index in [9.17, 15) is 13.2 Å². The van der Waals surface area contributed by atoms with E-state index in [0.717, 1.165) is 5.56 Å². The number of para-hydroxylation sites is 1. The first-order valence-corrected chi connectivity index (χ1v) is 8.22. The molecule has 0 spiro atoms. The molecule has 0 heterocycles. The van der Waals surface area contributed by atoms with Crippen molar-refractivity contribution in [3.63, 3.8) is 0 Å². The maximum absolute atomic E-state index is 11.6. The second-order valence-corrected chi connectivity index (χ2v) is 6.79. The van der Waals surface area contributed by atoms with E-state index >= 15 is 0 Å². The molecule has 1 rings (SSSR count). The number of aryl methyl sites for hydroxylation is 1. The number of sulfone groups is 1. The van der Waals surface area contributed by atoms with E-state index in [0.29, 0.717) is 31.5 Å². The average molecular weight is 284 g/mol. The monoisotopic (exact) mass is 284 g/mol. The number of nitrogen functional groups attached to an aromatic ring is 1. The van der Waals surface area contributed by atoms with E-state index < -0.39 is 9.84 Å². The van der Waals surface area contributed by atoms with Gasteiger partial charge >= 0.3 is 0 Å². The zero-order chi connectivity index (χ0) is 14.3. The molecule has 0 unspecified atom stereocenters. The minimum atomic E-state index is -2.95. The SMILES string of the molecule is CS(=O)(=O)CCCNC(=O)CCc1ccccc1N. The van der Waals surface area contributed by atoms with Crippen molar-refractivity contribution in [3.8, 4) is 0 Å². The molecule has 0 aliphatic carbocycles. The minimum absolute atomic E-state index is 0.0863. The molecule has 0 fully saturated rings. The number of nitrogens with one attached hydrogen (secondary N) is 1. The molecule has 0 bridgehead atoms. The average Bonchev–Trinajstić information content (AvgIpc) is 2.32. The van der Waals surface area contributed by atoms with Crippen LogP contribution in [-0.2, 0) is 21.1 Å². The molecule has 1 aromatic carbocycles. The molecule has 0 aliphatic heterocycles. The van der Waals surface area contributed by atoms with Gasteiger partial charge in [0, 0.05) is 24.9 Å². The molecule has 5 nitrogen and oxygen atoms in total. The molecule has 106 valence electrons. The van der Waals surface area contributed by atoms with Crippen LogP contribution in [0.25, 0.3) is 0 Å². The summed E-state index contributed by atoms with van der Waals surface area (Å²) in [7, 11) is -2.95. The van der Waals surface area contributed by atoms with E-state index in [1.54, 1.807) is 6.07 Å². The highest BCUT2D eigenvalue weighted by atomic mass is 32.2. The second-order valence-electron chi connectivity index (χ2n) is 4.53. The smallest absolute Gasteiger partial charge is 0.220 e. The van der Waals surface area contributed by atoms with Gasteiger partial charge in [-0.1, -0.05) is 18.2 Å². The number of carbonyl (C=O) groups excluding carboxylic acids is 1. The Balaban J connectivity index is 2.24. The fourth-order valence-electron chi connectivity index (χ4n) is 1.66. The summed E-state index contributed by atoms with van der Waals surface area (Å²) in [5, 5.41) is 2.70. The highest BCUT2D eigenvalue weighted by molar-refractivity contribution is 7.90. The number of anilines is 1. The van der Waals surface area contributed by atoms with Crippen LogP contribution in [-0.4, -0.2) is 32.9 Å². The molecular weight excluding hydrogens is 264 g/mol. The van der Waals surface area contributed by atoms with Crippen molar-refractivity contribution in [3.05, 3.63) is 29.8 Å². The second kappa shape index (κ2) is 7.13. The van der Waals surface area contributed by atoms with Crippen molar-refractivity contribution in [1.29, 1.82) is 0 Å². The topological polar surface area (TPSA) is 89.3 Å². The van der Waals surface area contributed by atoms with Gasteiger partial charge in [0.2, 0.25) is 5.91 Å². The van der Waals surface area contributed by atoms with E-state index in [1.165, 1.54) is 6.26 Å². The van der Waals surface area contributed by atoms with Crippen LogP contribution in [0.3, 0.4) is 0 Å². The first-order valence-electron chi connectivity index (χ1n) is 6.16. The van der Waals surface area contributed by atoms with Crippen molar-refractivity contribution >= 4 is 21.4 Å². The van der Waals surface area contributed by atoms with Crippen LogP contribution in [0.1, 0.15) is 18.4 Å². The molecule has 0 radical (unpaired) electrons. The number of hydrogen-bond acceptors (Lipinski definition) is 4. The first kappa shape index (κ1) is 15.5. The lowest BCUT2D eigenvalue weighted by molar-refractivity contribution is -0.121. The third kappa shape index (κ3) is 6.81. The van der Waals surface area contributed by atoms with Gasteiger partial charge in [0.25, 0.3) is 0 Å². The molecular formula is C13H20N2O3S. The molecule has 0 saturated carbocycles. The lowest BCUT2D eigenvalue weighted by Crippen LogP contribution is -2.26. The fourth-order valence-corrected chi connectivity index (χ4v) is 2.33. The van der Waals surface area contributed by atoms with E-state index in [1.807, 2.05) is 18.2 Å². The summed E-state index contributed by atoms with van der Waals surface area (Å²) in [4.78, 5) is 11.6. The Bertz CT molecular complexity index is 526. The van der Waals surface area contributed by atoms with Crippen LogP contribution >= 0.6 is 0 Å². The Morgan fingerprint density at radius 1 is 1.32 bits per heavy atom. The summed E-state index contributed by atoms with van der Waals surface area (Å²) < 4.78 is 21.8. The van der Waals surface area contributed by atoms with Crippen LogP contribution < -0.4 is 11.1 Å². The maximum atomic E-state index is 11.6. The van der Waals surface area contributed by atoms with Gasteiger partial charge in [0.15, 0.2) is 0 Å². The van der Waals surface area contributed by atoms with E-state index in [4.69, 9.17) is 5.73 Å². The Kier molecular flexibility index (Phi) is 5.82. The quantitative estimate of drug-likeness (QED) is 0.571. The van der Waals surface area contributed by atoms with E-state index in [2.05, 4.69) is 5.32 Å². The molecule has 3 N–H and O–H groups in total. The van der Waals surface area contributed by atoms with Crippen LogP contribution in [0.5, 0.6) is 0 Å². The van der Waals surface area contributed by atoms with Gasteiger partial charge in [-0.3, -0.25) is 4.79 Å². The van der Waals surface area contributed by atoms with Crippen molar-refractivity contribution in [1.82, 2.24) is 5.32 Å². The molecule has 1 amide bonds. The molecule has 0 aromatic heterocycles. The lowest BCUT2D eigenvalue weighted by Gasteiger charge is -2.06. The summed E-state index contributed by atoms with van der Waals surface area (Å²) in [5.74, 6) is 0.00981. The fraction of sp³-hybridized carbons (Fsp3) is 0.462. The Morgan fingerprint density at radius 3 is 2.63 bits per heavy atom. The molecule has 1 aromatic rings. The van der Waals surface area contributed by atoms with Gasteiger partial charge in [0.1, 0.15) is 9.84 Å². The number of benzene rings is 1. The number of nitrogens with two attached hydrogens (primary N) is 1. The van der Waals surface area contributed by atoms with E-state index in [-0.39, 0.29) is 11.7 Å². The third-order valence-electron chi connectivity index (χ3n) is 2.69. The predicted molar refractivity (Wildman–Crippen MR) is 76.5 cm³/mol. The maximum Gasteiger partial charge on any atom is 0.220 e. The first-order chi connectivity index (χ1) is 8.88. The summed E-state index contributed by atoms with van der Waals surface area (Å²) >= 11 is 0. The van der Waals surface area contributed by atoms with Gasteiger partial charge in [-0.25, -0.2) is 8.42 Å². The van der Waals surface area contributed by atoms with Crippen LogP contribution in [0.15, 0.2) is 24.3 Å². The number of rotatable bonds is 7. The highest BCUT2D eigenvalue weighted by Gasteiger charge is 2.05. The summed E-state index contributed by atoms with van der Waals surface area (Å²) in [6.45, 7) is 0.385. The zero-order valence-electron chi connectivity index (χ0n) is 11.1. The minimum Gasteiger partial charge on any atom is -0.399 e. The number of amides is 1. The van der Waals surface area contributed by atoms with Gasteiger partial charge < -0.3 is 11.1 Å². The summed E-state index contributed by atoms with van der Waals surface area (Å²) in [5.41, 5.74) is 7.42. The van der Waals surface area contributed by atoms with Crippen molar-refractivity contribution in [2.45, 2.75) is 19.3 Å². The lowest BCUT2D eigenvalue weighted by atomic mass is 10.1. The third-order valence-corrected chi connectivity index (χ3v) is 3.72. The van der Waals surface area contributed by atoms with Gasteiger partial charge in [-0.2, -0.15) is 0 Å². The Morgan fingerprint density at radius 2 is 2.00 bits per heavy atom. The normalized spacial score (nSPS) is 11.2. The van der Waals surface area contributed by atoms with Crippen LogP contribution in [0.4, 0.5) is 5.69 Å². The van der Waals surface area contributed by atoms with Gasteiger partial charge in [-0.15, -0.1) is 0 Å². The largest absolute Gasteiger partial charge is 0.399 e. The number of hydrogen-bond donors (Lipinski definition) is 2. The molecule has 19 heavy (non-hydrogen) atoms. The van der Waals surface area contributed by atoms with Gasteiger partial charge in [-0.05, 0) is 24.5 Å². The van der Waals surface area contributed by atoms with Gasteiger partial charge in [0.05, 0.1) is 5.75 Å². The molecule has 6 heteroatoms. The van der Waals surface area contributed by atoms with Crippen molar-refractivity contribution < 1.29 is 13.2 Å². The zero-order valence-corrected chi connectivity index (χ0v) is 11.9. The molecule has 0 saturated heterocycles. The van der Waals surface area contributed by atoms with Crippen molar-refractivity contribution in [2.75, 3.05) is 24.3 Å². The summed E-state index contributed by atoms with van der Waals surface area (Å²) in [6, 6.07) is 7.44. The highest BCUT2D eigenvalue weighted by Crippen LogP contribution is 2.12. The van der Waals surface area contributed by atoms with Crippen LogP contribution in [0, 0.1) is 0 Å². The van der Waals surface area contributed by atoms with Crippen LogP contribution in [0.2, 0.25) is 0 Å². The molecule has 0 atom stereocenters. The Labute approximate surface area is 114 Å². The standard InChI is InChI=1S/C13H20N2O3S/c1-19(17,18)10-4-9-15-13(16)8-7-11-5-2-3-6-12(11)14/h2-3,5-6H,4,7-10,14H2,1H3,(H,15,16). The van der Waals surface area contributed by atoms with Crippen molar-refractivity contribution in [2.24, 2.45) is 0 Å². The molecule has 0 aliphatic rings.